The molecule has 1 aromatic rings. The van der Waals surface area contributed by atoms with Gasteiger partial charge in [-0.1, -0.05) is 54.6 Å². The molecule has 0 saturated carbocycles. The fraction of sp³-hybridized carbons (Fsp3) is 0.548. The van der Waals surface area contributed by atoms with Gasteiger partial charge in [-0.3, -0.25) is 19.2 Å². The van der Waals surface area contributed by atoms with Crippen LogP contribution in [0.15, 0.2) is 54.6 Å². The van der Waals surface area contributed by atoms with Gasteiger partial charge in [0.2, 0.25) is 17.7 Å². The molecule has 7 atom stereocenters. The summed E-state index contributed by atoms with van der Waals surface area (Å²) in [6.45, 7) is 7.38. The molecule has 0 aliphatic carbocycles. The van der Waals surface area contributed by atoms with E-state index in [1.54, 1.807) is 24.0 Å². The third-order valence-corrected chi connectivity index (χ3v) is 8.54. The van der Waals surface area contributed by atoms with E-state index in [0.717, 1.165) is 0 Å². The molecule has 4 aliphatic rings. The first kappa shape index (κ1) is 29.0. The summed E-state index contributed by atoms with van der Waals surface area (Å²) in [6.07, 6.45) is 6.37. The van der Waals surface area contributed by atoms with Crippen molar-refractivity contribution in [3.05, 3.63) is 60.2 Å². The van der Waals surface area contributed by atoms with Crippen molar-refractivity contribution >= 4 is 23.7 Å². The van der Waals surface area contributed by atoms with Crippen LogP contribution in [0.1, 0.15) is 52.2 Å². The molecule has 2 saturated heterocycles. The van der Waals surface area contributed by atoms with Gasteiger partial charge in [0.05, 0.1) is 31.2 Å². The number of hydrogen-bond donors (Lipinski definition) is 2. The topological polar surface area (TPSA) is 125 Å². The minimum Gasteiger partial charge on any atom is -0.455 e. The van der Waals surface area contributed by atoms with E-state index in [9.17, 15) is 24.3 Å². The fourth-order valence-corrected chi connectivity index (χ4v) is 6.48. The van der Waals surface area contributed by atoms with Gasteiger partial charge in [0.1, 0.15) is 23.7 Å². The predicted octanol–water partition coefficient (Wildman–Crippen LogP) is 1.90. The summed E-state index contributed by atoms with van der Waals surface area (Å²) in [6, 6.07) is 7.37. The van der Waals surface area contributed by atoms with Gasteiger partial charge in [0.25, 0.3) is 0 Å². The second-order valence-corrected chi connectivity index (χ2v) is 12.2. The van der Waals surface area contributed by atoms with Crippen molar-refractivity contribution in [3.63, 3.8) is 0 Å². The molecule has 0 unspecified atom stereocenters. The lowest BCUT2D eigenvalue weighted by Crippen LogP contribution is -2.61. The summed E-state index contributed by atoms with van der Waals surface area (Å²) >= 11 is 0. The Bertz CT molecular complexity index is 1260. The normalized spacial score (nSPS) is 33.9. The van der Waals surface area contributed by atoms with Gasteiger partial charge in [-0.05, 0) is 39.7 Å². The van der Waals surface area contributed by atoms with E-state index in [0.29, 0.717) is 12.0 Å². The van der Waals surface area contributed by atoms with Crippen molar-refractivity contribution in [2.75, 3.05) is 19.7 Å². The Balaban J connectivity index is 1.59. The lowest BCUT2D eigenvalue weighted by atomic mass is 9.74. The number of aliphatic hydroxyl groups is 1. The summed E-state index contributed by atoms with van der Waals surface area (Å²) in [5.41, 5.74) is -1.28. The lowest BCUT2D eigenvalue weighted by molar-refractivity contribution is -0.160. The fourth-order valence-electron chi connectivity index (χ4n) is 6.48. The third kappa shape index (κ3) is 5.08. The van der Waals surface area contributed by atoms with Gasteiger partial charge in [0.15, 0.2) is 0 Å². The number of cyclic esters (lactones) is 1. The summed E-state index contributed by atoms with van der Waals surface area (Å²) < 4.78 is 12.4. The van der Waals surface area contributed by atoms with Crippen LogP contribution in [0.4, 0.5) is 0 Å². The van der Waals surface area contributed by atoms with Crippen molar-refractivity contribution in [1.29, 1.82) is 0 Å². The molecule has 41 heavy (non-hydrogen) atoms. The van der Waals surface area contributed by atoms with Crippen LogP contribution in [0.5, 0.6) is 0 Å². The van der Waals surface area contributed by atoms with Crippen LogP contribution in [0.2, 0.25) is 0 Å². The van der Waals surface area contributed by atoms with Crippen LogP contribution in [-0.2, 0) is 28.7 Å². The smallest absolute Gasteiger partial charge is 0.313 e. The molecule has 0 aromatic heterocycles. The zero-order valence-electron chi connectivity index (χ0n) is 24.0. The number of ether oxygens (including phenoxy) is 2. The third-order valence-electron chi connectivity index (χ3n) is 8.54. The second kappa shape index (κ2) is 11.1. The number of likely N-dealkylation sites (tertiary alicyclic amines) is 1. The zero-order valence-corrected chi connectivity index (χ0v) is 24.0. The number of carbonyl (C=O) groups is 4. The highest BCUT2D eigenvalue weighted by Gasteiger charge is 2.74. The number of fused-ring (bicyclic) bond motifs is 2. The molecule has 2 fully saturated rings. The number of amides is 3. The molecule has 5 rings (SSSR count). The van der Waals surface area contributed by atoms with Crippen molar-refractivity contribution in [2.24, 2.45) is 11.8 Å². The van der Waals surface area contributed by atoms with Crippen molar-refractivity contribution in [3.8, 4) is 0 Å². The number of nitrogens with one attached hydrogen (secondary N) is 1. The molecule has 1 aromatic carbocycles. The molecule has 1 spiro atoms. The lowest BCUT2D eigenvalue weighted by Gasteiger charge is -2.42. The number of rotatable bonds is 3. The molecule has 4 heterocycles. The Morgan fingerprint density at radius 1 is 1.10 bits per heavy atom. The molecule has 2 N–H and O–H groups in total. The van der Waals surface area contributed by atoms with Crippen LogP contribution >= 0.6 is 0 Å². The van der Waals surface area contributed by atoms with Crippen LogP contribution in [0.25, 0.3) is 0 Å². The van der Waals surface area contributed by atoms with Crippen molar-refractivity contribution in [1.82, 2.24) is 15.1 Å². The first-order valence-corrected chi connectivity index (χ1v) is 14.3. The Labute approximate surface area is 240 Å². The first-order chi connectivity index (χ1) is 19.5. The standard InChI is InChI=1S/C31H39N3O7/c1-19(18-35)34-26-28(38)33(30(2,3)4)16-10-6-9-13-23(36)32-17-22(20-11-7-5-8-12-20)40-29(39)24-21-14-15-31(26,41-21)25(24)27(34)37/h5-8,10-12,14-15,19,21-22,24-26,35H,9,13,16-18H2,1-4H3,(H,32,36)/b10-6-/t19-,21-,22-,24+,25+,26-,31+/m1/s1. The minimum atomic E-state index is -1.37. The van der Waals surface area contributed by atoms with Gasteiger partial charge >= 0.3 is 5.97 Å². The first-order valence-electron chi connectivity index (χ1n) is 14.3. The summed E-state index contributed by atoms with van der Waals surface area (Å²) in [7, 11) is 0. The summed E-state index contributed by atoms with van der Waals surface area (Å²) in [4.78, 5) is 58.1. The number of hydrogen-bond acceptors (Lipinski definition) is 7. The van der Waals surface area contributed by atoms with Gasteiger partial charge in [-0.15, -0.1) is 0 Å². The van der Waals surface area contributed by atoms with Crippen LogP contribution in [0.3, 0.4) is 0 Å². The molecule has 5 bridgehead atoms. The number of allylic oxidation sites excluding steroid dienone is 1. The average Bonchev–Trinajstić information content (AvgIpc) is 3.58. The van der Waals surface area contributed by atoms with E-state index in [-0.39, 0.29) is 37.9 Å². The Kier molecular flexibility index (Phi) is 7.82. The number of benzene rings is 1. The molecule has 4 aliphatic heterocycles. The monoisotopic (exact) mass is 565 g/mol. The SMILES string of the molecule is C[C@H](CO)N1C(=O)[C@@H]2[C@H]3C(=O)O[C@@H](c4ccccc4)CNC(=O)CC/C=C\CN(C(C)(C)C)C(=O)[C@@H]1[C@]21C=C[C@H]3O1. The molecule has 10 nitrogen and oxygen atoms in total. The maximum Gasteiger partial charge on any atom is 0.313 e. The number of carbonyl (C=O) groups excluding carboxylic acids is 4. The van der Waals surface area contributed by atoms with Crippen LogP contribution < -0.4 is 5.32 Å². The van der Waals surface area contributed by atoms with Gasteiger partial charge < -0.3 is 29.7 Å². The molecule has 10 heteroatoms. The molecular weight excluding hydrogens is 526 g/mol. The highest BCUT2D eigenvalue weighted by molar-refractivity contribution is 5.99. The largest absolute Gasteiger partial charge is 0.455 e. The quantitative estimate of drug-likeness (QED) is 0.424. The van der Waals surface area contributed by atoms with Crippen molar-refractivity contribution < 1.29 is 33.8 Å². The van der Waals surface area contributed by atoms with E-state index in [2.05, 4.69) is 5.32 Å². The van der Waals surface area contributed by atoms with Gasteiger partial charge in [-0.25, -0.2) is 0 Å². The van der Waals surface area contributed by atoms with E-state index in [1.165, 1.54) is 4.90 Å². The molecular formula is C31H39N3O7. The number of esters is 1. The molecule has 0 radical (unpaired) electrons. The van der Waals surface area contributed by atoms with E-state index < -0.39 is 59.1 Å². The Morgan fingerprint density at radius 3 is 2.51 bits per heavy atom. The predicted molar refractivity (Wildman–Crippen MR) is 149 cm³/mol. The number of nitrogens with zero attached hydrogens (tertiary/aromatic N) is 2. The molecule has 3 amide bonds. The summed E-state index contributed by atoms with van der Waals surface area (Å²) in [5.74, 6) is -3.55. The van der Waals surface area contributed by atoms with E-state index >= 15 is 0 Å². The highest BCUT2D eigenvalue weighted by atomic mass is 16.6. The Hall–Kier alpha value is -3.50. The maximum atomic E-state index is 14.4. The maximum absolute atomic E-state index is 14.4. The average molecular weight is 566 g/mol. The van der Waals surface area contributed by atoms with E-state index in [4.69, 9.17) is 9.47 Å². The van der Waals surface area contributed by atoms with E-state index in [1.807, 2.05) is 63.3 Å². The molecule has 220 valence electrons. The van der Waals surface area contributed by atoms with Crippen LogP contribution in [0, 0.1) is 11.8 Å². The van der Waals surface area contributed by atoms with Gasteiger partial charge in [-0.2, -0.15) is 0 Å². The Morgan fingerprint density at radius 2 is 1.83 bits per heavy atom. The van der Waals surface area contributed by atoms with Gasteiger partial charge in [0, 0.05) is 18.5 Å². The van der Waals surface area contributed by atoms with Crippen molar-refractivity contribution in [2.45, 2.75) is 76.0 Å². The zero-order chi connectivity index (χ0) is 29.5. The summed E-state index contributed by atoms with van der Waals surface area (Å²) in [5, 5.41) is 13.0. The number of aliphatic hydroxyl groups excluding tert-OH is 1. The van der Waals surface area contributed by atoms with Crippen LogP contribution in [-0.4, -0.2) is 87.6 Å². The second-order valence-electron chi connectivity index (χ2n) is 12.2. The highest BCUT2D eigenvalue weighted by Crippen LogP contribution is 2.56. The minimum absolute atomic E-state index is 0.0721.